The lowest BCUT2D eigenvalue weighted by Gasteiger charge is -2.16. The number of nitrogens with one attached hydrogen (secondary N) is 2. The van der Waals surface area contributed by atoms with Crippen LogP contribution in [0, 0.1) is 10.8 Å². The van der Waals surface area contributed by atoms with E-state index in [1.54, 1.807) is 13.2 Å². The Kier molecular flexibility index (Phi) is 5.30. The second-order valence-corrected chi connectivity index (χ2v) is 7.63. The molecule has 7 heteroatoms. The fourth-order valence-corrected chi connectivity index (χ4v) is 2.84. The van der Waals surface area contributed by atoms with E-state index >= 15 is 0 Å². The minimum atomic E-state index is 0.155. The number of aromatic nitrogens is 4. The molecule has 0 unspecified atom stereocenters. The Bertz CT molecular complexity index is 979. The van der Waals surface area contributed by atoms with Gasteiger partial charge >= 0.3 is 0 Å². The molecule has 0 amide bonds. The Hall–Kier alpha value is -3.09. The lowest BCUT2D eigenvalue weighted by molar-refractivity contribution is 0.399. The van der Waals surface area contributed by atoms with Gasteiger partial charge in [0.15, 0.2) is 5.65 Å². The van der Waals surface area contributed by atoms with Crippen LogP contribution in [0.2, 0.25) is 0 Å². The number of fused-ring (bicyclic) bond motifs is 1. The Morgan fingerprint density at radius 3 is 2.70 bits per heavy atom. The summed E-state index contributed by atoms with van der Waals surface area (Å²) in [5, 5.41) is 19.1. The van der Waals surface area contributed by atoms with Gasteiger partial charge in [0.05, 0.1) is 0 Å². The van der Waals surface area contributed by atoms with Crippen molar-refractivity contribution >= 4 is 23.5 Å². The molecule has 0 radical (unpaired) electrons. The molecule has 3 rings (SSSR count). The van der Waals surface area contributed by atoms with Crippen LogP contribution < -0.4 is 5.32 Å². The summed E-state index contributed by atoms with van der Waals surface area (Å²) >= 11 is 0. The van der Waals surface area contributed by atoms with Gasteiger partial charge < -0.3 is 10.7 Å². The van der Waals surface area contributed by atoms with E-state index < -0.39 is 0 Å². The molecular weight excluding hydrogens is 338 g/mol. The quantitative estimate of drug-likeness (QED) is 0.532. The summed E-state index contributed by atoms with van der Waals surface area (Å²) < 4.78 is 2.04. The van der Waals surface area contributed by atoms with Gasteiger partial charge in [0.25, 0.3) is 0 Å². The molecule has 0 fully saturated rings. The molecule has 0 aromatic carbocycles. The molecule has 0 aliphatic carbocycles. The number of anilines is 1. The average Bonchev–Trinajstić information content (AvgIpc) is 3.02. The SMILES string of the molecule is CN=C(CC=N)Nc1cc(-c2ccn3c(CC(C)(C)C)nnc3c2)ccn1. The van der Waals surface area contributed by atoms with Gasteiger partial charge in [-0.05, 0) is 40.8 Å². The summed E-state index contributed by atoms with van der Waals surface area (Å²) in [4.78, 5) is 8.48. The van der Waals surface area contributed by atoms with Crippen molar-refractivity contribution in [3.63, 3.8) is 0 Å². The van der Waals surface area contributed by atoms with Gasteiger partial charge in [-0.25, -0.2) is 4.98 Å². The molecule has 0 atom stereocenters. The van der Waals surface area contributed by atoms with Crippen LogP contribution in [0.15, 0.2) is 41.7 Å². The number of hydrogen-bond acceptors (Lipinski definition) is 5. The van der Waals surface area contributed by atoms with E-state index in [0.717, 1.165) is 29.0 Å². The Morgan fingerprint density at radius 1 is 1.22 bits per heavy atom. The second-order valence-electron chi connectivity index (χ2n) is 7.63. The highest BCUT2D eigenvalue weighted by Crippen LogP contribution is 2.24. The molecule has 0 saturated carbocycles. The van der Waals surface area contributed by atoms with Crippen LogP contribution in [0.25, 0.3) is 16.8 Å². The van der Waals surface area contributed by atoms with Crippen LogP contribution >= 0.6 is 0 Å². The predicted octanol–water partition coefficient (Wildman–Crippen LogP) is 3.86. The lowest BCUT2D eigenvalue weighted by Crippen LogP contribution is -2.13. The van der Waals surface area contributed by atoms with Crippen LogP contribution in [0.3, 0.4) is 0 Å². The van der Waals surface area contributed by atoms with E-state index in [2.05, 4.69) is 52.3 Å². The predicted molar refractivity (Wildman–Crippen MR) is 110 cm³/mol. The molecule has 140 valence electrons. The highest BCUT2D eigenvalue weighted by atomic mass is 15.2. The van der Waals surface area contributed by atoms with Gasteiger partial charge in [0, 0.05) is 38.5 Å². The average molecular weight is 363 g/mol. The summed E-state index contributed by atoms with van der Waals surface area (Å²) in [6.07, 6.45) is 6.41. The van der Waals surface area contributed by atoms with Crippen LogP contribution in [0.5, 0.6) is 0 Å². The maximum Gasteiger partial charge on any atom is 0.161 e. The summed E-state index contributed by atoms with van der Waals surface area (Å²) in [6, 6.07) is 8.02. The van der Waals surface area contributed by atoms with Crippen molar-refractivity contribution in [3.8, 4) is 11.1 Å². The molecule has 2 N–H and O–H groups in total. The lowest BCUT2D eigenvalue weighted by atomic mass is 9.92. The molecule has 27 heavy (non-hydrogen) atoms. The summed E-state index contributed by atoms with van der Waals surface area (Å²) in [5.41, 5.74) is 3.06. The Morgan fingerprint density at radius 2 is 2.00 bits per heavy atom. The smallest absolute Gasteiger partial charge is 0.161 e. The Labute approximate surface area is 159 Å². The molecule has 0 bridgehead atoms. The largest absolute Gasteiger partial charge is 0.328 e. The highest BCUT2D eigenvalue weighted by Gasteiger charge is 2.16. The molecule has 0 spiro atoms. The standard InChI is InChI=1S/C20H25N7/c1-20(2,3)13-19-26-25-18-12-15(7-10-27(18)19)14-6-9-23-17(11-14)24-16(22-4)5-8-21/h6-12,21H,5,13H2,1-4H3,(H,22,23,24). The first-order chi connectivity index (χ1) is 12.9. The zero-order chi connectivity index (χ0) is 19.4. The minimum Gasteiger partial charge on any atom is -0.328 e. The second kappa shape index (κ2) is 7.65. The van der Waals surface area contributed by atoms with Crippen LogP contribution in [-0.2, 0) is 6.42 Å². The number of pyridine rings is 2. The molecule has 3 aromatic rings. The fourth-order valence-electron chi connectivity index (χ4n) is 2.84. The fraction of sp³-hybridized carbons (Fsp3) is 0.350. The first-order valence-corrected chi connectivity index (χ1v) is 8.91. The highest BCUT2D eigenvalue weighted by molar-refractivity contribution is 6.02. The third kappa shape index (κ3) is 4.55. The van der Waals surface area contributed by atoms with Crippen molar-refractivity contribution in [2.45, 2.75) is 33.6 Å². The van der Waals surface area contributed by atoms with Crippen molar-refractivity contribution in [2.24, 2.45) is 10.4 Å². The van der Waals surface area contributed by atoms with Gasteiger partial charge in [-0.1, -0.05) is 20.8 Å². The molecule has 0 aliphatic heterocycles. The van der Waals surface area contributed by atoms with E-state index in [-0.39, 0.29) is 5.41 Å². The van der Waals surface area contributed by atoms with Gasteiger partial charge in [-0.2, -0.15) is 0 Å². The van der Waals surface area contributed by atoms with Crippen molar-refractivity contribution in [2.75, 3.05) is 12.4 Å². The van der Waals surface area contributed by atoms with Crippen LogP contribution in [0.1, 0.15) is 33.0 Å². The number of hydrogen-bond donors (Lipinski definition) is 2. The van der Waals surface area contributed by atoms with Crippen LogP contribution in [-0.4, -0.2) is 38.7 Å². The third-order valence-corrected chi connectivity index (χ3v) is 4.10. The maximum absolute atomic E-state index is 7.23. The van der Waals surface area contributed by atoms with Crippen molar-refractivity contribution in [1.82, 2.24) is 19.6 Å². The first-order valence-electron chi connectivity index (χ1n) is 8.91. The molecule has 0 saturated heterocycles. The summed E-state index contributed by atoms with van der Waals surface area (Å²) in [5.74, 6) is 2.37. The number of nitrogens with zero attached hydrogens (tertiary/aromatic N) is 5. The number of rotatable bonds is 5. The van der Waals surface area contributed by atoms with Crippen molar-refractivity contribution in [1.29, 1.82) is 5.41 Å². The van der Waals surface area contributed by atoms with Gasteiger partial charge in [-0.15, -0.1) is 10.2 Å². The van der Waals surface area contributed by atoms with Gasteiger partial charge in [0.1, 0.15) is 17.5 Å². The molecule has 7 nitrogen and oxygen atoms in total. The van der Waals surface area contributed by atoms with Gasteiger partial charge in [0.2, 0.25) is 0 Å². The van der Waals surface area contributed by atoms with E-state index in [0.29, 0.717) is 18.1 Å². The molecular formula is C20H25N7. The summed E-state index contributed by atoms with van der Waals surface area (Å²) in [7, 11) is 1.70. The minimum absolute atomic E-state index is 0.155. The number of amidine groups is 1. The molecule has 3 aromatic heterocycles. The van der Waals surface area contributed by atoms with Gasteiger partial charge in [-0.3, -0.25) is 9.39 Å². The third-order valence-electron chi connectivity index (χ3n) is 4.10. The zero-order valence-electron chi connectivity index (χ0n) is 16.2. The van der Waals surface area contributed by atoms with Crippen molar-refractivity contribution in [3.05, 3.63) is 42.5 Å². The Balaban J connectivity index is 1.89. The topological polar surface area (TPSA) is 91.3 Å². The monoisotopic (exact) mass is 363 g/mol. The molecule has 3 heterocycles. The van der Waals surface area contributed by atoms with E-state index in [1.165, 1.54) is 6.21 Å². The van der Waals surface area contributed by atoms with E-state index in [4.69, 9.17) is 5.41 Å². The van der Waals surface area contributed by atoms with Crippen molar-refractivity contribution < 1.29 is 0 Å². The normalized spacial score (nSPS) is 12.4. The van der Waals surface area contributed by atoms with Crippen LogP contribution in [0.4, 0.5) is 5.82 Å². The van der Waals surface area contributed by atoms with E-state index in [9.17, 15) is 0 Å². The first kappa shape index (κ1) is 18.7. The zero-order valence-corrected chi connectivity index (χ0v) is 16.2. The van der Waals surface area contributed by atoms with E-state index in [1.807, 2.05) is 28.8 Å². The summed E-state index contributed by atoms with van der Waals surface area (Å²) in [6.45, 7) is 6.58. The molecule has 0 aliphatic rings. The maximum atomic E-state index is 7.23. The number of aliphatic imine (C=N–C) groups is 1.